The fraction of sp³-hybridized carbons (Fsp3) is 0.143. The van der Waals surface area contributed by atoms with Crippen LogP contribution < -0.4 is 4.74 Å². The van der Waals surface area contributed by atoms with Gasteiger partial charge in [-0.1, -0.05) is 17.7 Å². The van der Waals surface area contributed by atoms with E-state index in [4.69, 9.17) is 21.4 Å². The molecule has 0 saturated carbocycles. The number of benzene rings is 2. The van der Waals surface area contributed by atoms with Crippen LogP contribution in [0.3, 0.4) is 0 Å². The molecular weight excluding hydrogens is 301 g/mol. The number of rotatable bonds is 5. The van der Waals surface area contributed by atoms with Gasteiger partial charge in [-0.05, 0) is 35.4 Å². The van der Waals surface area contributed by atoms with Gasteiger partial charge in [-0.15, -0.1) is 0 Å². The first kappa shape index (κ1) is 15.2. The van der Waals surface area contributed by atoms with Gasteiger partial charge in [-0.3, -0.25) is 10.1 Å². The maximum atomic E-state index is 13.0. The summed E-state index contributed by atoms with van der Waals surface area (Å²) in [6, 6.07) is 8.16. The van der Waals surface area contributed by atoms with Crippen LogP contribution in [0.15, 0.2) is 36.4 Å². The molecule has 1 N–H and O–H groups in total. The second-order valence-electron chi connectivity index (χ2n) is 4.25. The fourth-order valence-electron chi connectivity index (χ4n) is 1.71. The van der Waals surface area contributed by atoms with E-state index in [2.05, 4.69) is 0 Å². The minimum absolute atomic E-state index is 0.00424. The van der Waals surface area contributed by atoms with Crippen molar-refractivity contribution in [3.63, 3.8) is 0 Å². The monoisotopic (exact) mass is 311 g/mol. The maximum absolute atomic E-state index is 13.0. The molecule has 0 atom stereocenters. The molecule has 2 aromatic rings. The molecule has 110 valence electrons. The third-order valence-electron chi connectivity index (χ3n) is 2.78. The van der Waals surface area contributed by atoms with Crippen molar-refractivity contribution in [2.75, 3.05) is 0 Å². The lowest BCUT2D eigenvalue weighted by molar-refractivity contribution is -0.386. The first-order valence-corrected chi connectivity index (χ1v) is 6.34. The van der Waals surface area contributed by atoms with Crippen LogP contribution in [0, 0.1) is 15.9 Å². The van der Waals surface area contributed by atoms with Gasteiger partial charge in [0.15, 0.2) is 5.75 Å². The second kappa shape index (κ2) is 6.51. The van der Waals surface area contributed by atoms with E-state index in [0.29, 0.717) is 11.1 Å². The fourth-order valence-corrected chi connectivity index (χ4v) is 1.92. The predicted octanol–water partition coefficient (Wildman–Crippen LogP) is 3.46. The summed E-state index contributed by atoms with van der Waals surface area (Å²) in [5, 5.41) is 19.9. The van der Waals surface area contributed by atoms with Crippen molar-refractivity contribution in [2.24, 2.45) is 0 Å². The standard InChI is InChI=1S/C14H11ClFNO4/c15-11-5-10(1-3-12(11)16)8-21-14-6-9(7-18)2-4-13(14)17(19)20/h1-6,18H,7-8H2. The van der Waals surface area contributed by atoms with Gasteiger partial charge in [0.25, 0.3) is 0 Å². The van der Waals surface area contributed by atoms with Crippen LogP contribution >= 0.6 is 11.6 Å². The third-order valence-corrected chi connectivity index (χ3v) is 3.07. The van der Waals surface area contributed by atoms with Gasteiger partial charge in [0.2, 0.25) is 0 Å². The lowest BCUT2D eigenvalue weighted by atomic mass is 10.2. The largest absolute Gasteiger partial charge is 0.482 e. The highest BCUT2D eigenvalue weighted by atomic mass is 35.5. The van der Waals surface area contributed by atoms with E-state index in [0.717, 1.165) is 0 Å². The maximum Gasteiger partial charge on any atom is 0.310 e. The Hall–Kier alpha value is -2.18. The number of aliphatic hydroxyl groups excluding tert-OH is 1. The number of halogens is 2. The van der Waals surface area contributed by atoms with Crippen LogP contribution in [0.25, 0.3) is 0 Å². The Morgan fingerprint density at radius 1 is 1.24 bits per heavy atom. The summed E-state index contributed by atoms with van der Waals surface area (Å²) in [5.41, 5.74) is 0.859. The van der Waals surface area contributed by atoms with Gasteiger partial charge < -0.3 is 9.84 Å². The van der Waals surface area contributed by atoms with Crippen molar-refractivity contribution in [3.8, 4) is 5.75 Å². The van der Waals surface area contributed by atoms with Crippen LogP contribution in [0.4, 0.5) is 10.1 Å². The molecule has 0 fully saturated rings. The average molecular weight is 312 g/mol. The average Bonchev–Trinajstić information content (AvgIpc) is 2.48. The molecule has 0 amide bonds. The summed E-state index contributed by atoms with van der Waals surface area (Å²) in [4.78, 5) is 10.3. The topological polar surface area (TPSA) is 72.6 Å². The Kier molecular flexibility index (Phi) is 4.72. The quantitative estimate of drug-likeness (QED) is 0.678. The summed E-state index contributed by atoms with van der Waals surface area (Å²) in [7, 11) is 0. The molecule has 0 radical (unpaired) electrons. The number of aliphatic hydroxyl groups is 1. The minimum Gasteiger partial charge on any atom is -0.482 e. The molecule has 0 aliphatic heterocycles. The molecule has 0 aromatic heterocycles. The van der Waals surface area contributed by atoms with Crippen LogP contribution in [-0.2, 0) is 13.2 Å². The molecule has 2 rings (SSSR count). The Morgan fingerprint density at radius 3 is 2.57 bits per heavy atom. The van der Waals surface area contributed by atoms with Gasteiger partial charge in [-0.25, -0.2) is 4.39 Å². The van der Waals surface area contributed by atoms with Gasteiger partial charge in [-0.2, -0.15) is 0 Å². The Balaban J connectivity index is 2.21. The van der Waals surface area contributed by atoms with Crippen molar-refractivity contribution < 1.29 is 19.2 Å². The molecule has 0 aliphatic rings. The lowest BCUT2D eigenvalue weighted by Crippen LogP contribution is -2.00. The zero-order valence-corrected chi connectivity index (χ0v) is 11.5. The number of ether oxygens (including phenoxy) is 1. The van der Waals surface area contributed by atoms with Crippen LogP contribution in [-0.4, -0.2) is 10.0 Å². The summed E-state index contributed by atoms with van der Waals surface area (Å²) in [6.07, 6.45) is 0. The van der Waals surface area contributed by atoms with Crippen molar-refractivity contribution >= 4 is 17.3 Å². The van der Waals surface area contributed by atoms with Crippen LogP contribution in [0.2, 0.25) is 5.02 Å². The van der Waals surface area contributed by atoms with Crippen molar-refractivity contribution in [2.45, 2.75) is 13.2 Å². The van der Waals surface area contributed by atoms with Gasteiger partial charge in [0.1, 0.15) is 12.4 Å². The summed E-state index contributed by atoms with van der Waals surface area (Å²) in [5.74, 6) is -0.513. The molecule has 0 spiro atoms. The summed E-state index contributed by atoms with van der Waals surface area (Å²) < 4.78 is 18.4. The first-order chi connectivity index (χ1) is 10.0. The smallest absolute Gasteiger partial charge is 0.310 e. The summed E-state index contributed by atoms with van der Waals surface area (Å²) in [6.45, 7) is -0.257. The first-order valence-electron chi connectivity index (χ1n) is 5.96. The van der Waals surface area contributed by atoms with E-state index >= 15 is 0 Å². The van der Waals surface area contributed by atoms with Crippen LogP contribution in [0.5, 0.6) is 5.75 Å². The SMILES string of the molecule is O=[N+]([O-])c1ccc(CO)cc1OCc1ccc(F)c(Cl)c1. The molecule has 0 unspecified atom stereocenters. The van der Waals surface area contributed by atoms with Gasteiger partial charge in [0, 0.05) is 6.07 Å². The van der Waals surface area contributed by atoms with E-state index in [1.807, 2.05) is 0 Å². The van der Waals surface area contributed by atoms with Crippen molar-refractivity contribution in [3.05, 3.63) is 68.5 Å². The minimum atomic E-state index is -0.575. The highest BCUT2D eigenvalue weighted by Gasteiger charge is 2.15. The molecule has 0 heterocycles. The predicted molar refractivity (Wildman–Crippen MR) is 74.8 cm³/mol. The Bertz CT molecular complexity index is 678. The number of hydrogen-bond acceptors (Lipinski definition) is 4. The zero-order chi connectivity index (χ0) is 15.4. The van der Waals surface area contributed by atoms with E-state index in [9.17, 15) is 14.5 Å². The molecular formula is C14H11ClFNO4. The summed E-state index contributed by atoms with van der Waals surface area (Å²) >= 11 is 5.65. The number of nitro groups is 1. The highest BCUT2D eigenvalue weighted by Crippen LogP contribution is 2.29. The van der Waals surface area contributed by atoms with E-state index < -0.39 is 10.7 Å². The molecule has 2 aromatic carbocycles. The normalized spacial score (nSPS) is 10.4. The van der Waals surface area contributed by atoms with Crippen LogP contribution in [0.1, 0.15) is 11.1 Å². The number of nitrogens with zero attached hydrogens (tertiary/aromatic N) is 1. The molecule has 0 saturated heterocycles. The third kappa shape index (κ3) is 3.68. The lowest BCUT2D eigenvalue weighted by Gasteiger charge is -2.08. The van der Waals surface area contributed by atoms with E-state index in [1.54, 1.807) is 0 Å². The molecule has 5 nitrogen and oxygen atoms in total. The second-order valence-corrected chi connectivity index (χ2v) is 4.66. The number of nitro benzene ring substituents is 1. The van der Waals surface area contributed by atoms with Gasteiger partial charge >= 0.3 is 5.69 Å². The molecule has 0 aliphatic carbocycles. The zero-order valence-electron chi connectivity index (χ0n) is 10.8. The van der Waals surface area contributed by atoms with Gasteiger partial charge in [0.05, 0.1) is 16.6 Å². The molecule has 0 bridgehead atoms. The Labute approximate surface area is 124 Å². The van der Waals surface area contributed by atoms with Crippen molar-refractivity contribution in [1.82, 2.24) is 0 Å². The van der Waals surface area contributed by atoms with E-state index in [1.165, 1.54) is 36.4 Å². The van der Waals surface area contributed by atoms with Crippen molar-refractivity contribution in [1.29, 1.82) is 0 Å². The molecule has 7 heteroatoms. The highest BCUT2D eigenvalue weighted by molar-refractivity contribution is 6.30. The Morgan fingerprint density at radius 2 is 1.95 bits per heavy atom. The van der Waals surface area contributed by atoms with E-state index in [-0.39, 0.29) is 29.7 Å². The molecule has 21 heavy (non-hydrogen) atoms. The number of hydrogen-bond donors (Lipinski definition) is 1.